The largest absolute Gasteiger partial charge is 0.434 e. The van der Waals surface area contributed by atoms with Crippen molar-refractivity contribution in [3.05, 3.63) is 83.9 Å². The number of likely N-dealkylation sites (N-methyl/N-ethyl adjacent to an activating group) is 1. The molecule has 2 aromatic carbocycles. The summed E-state index contributed by atoms with van der Waals surface area (Å²) in [5.41, 5.74) is 0.951. The van der Waals surface area contributed by atoms with Crippen molar-refractivity contribution >= 4 is 34.7 Å². The van der Waals surface area contributed by atoms with Crippen molar-refractivity contribution in [1.29, 1.82) is 0 Å². The van der Waals surface area contributed by atoms with Gasteiger partial charge in [0, 0.05) is 62.1 Å². The van der Waals surface area contributed by atoms with E-state index in [9.17, 15) is 27.6 Å². The van der Waals surface area contributed by atoms with Crippen LogP contribution in [-0.2, 0) is 6.18 Å². The van der Waals surface area contributed by atoms with Gasteiger partial charge in [-0.05, 0) is 42.0 Å². The SMILES string of the molecule is CNC(=O)c1cccc(NC(=O)c2nc(C(F)(F)F)cn3cc(-c4ccc(N5CCN(C)C5=O)cc4)cc23)c1. The zero-order valence-corrected chi connectivity index (χ0v) is 20.9. The molecular formula is C27H23F3N6O3. The molecule has 4 aromatic rings. The van der Waals surface area contributed by atoms with Gasteiger partial charge in [0.05, 0.1) is 5.52 Å². The van der Waals surface area contributed by atoms with Gasteiger partial charge in [-0.3, -0.25) is 14.5 Å². The van der Waals surface area contributed by atoms with Crippen LogP contribution in [0.1, 0.15) is 26.5 Å². The van der Waals surface area contributed by atoms with Crippen LogP contribution in [-0.4, -0.2) is 59.3 Å². The van der Waals surface area contributed by atoms with Gasteiger partial charge >= 0.3 is 12.2 Å². The summed E-state index contributed by atoms with van der Waals surface area (Å²) < 4.78 is 42.2. The molecule has 12 heteroatoms. The van der Waals surface area contributed by atoms with E-state index < -0.39 is 23.5 Å². The smallest absolute Gasteiger partial charge is 0.355 e. The maximum Gasteiger partial charge on any atom is 0.434 e. The minimum absolute atomic E-state index is 0.111. The van der Waals surface area contributed by atoms with Crippen molar-refractivity contribution in [2.24, 2.45) is 0 Å². The molecule has 1 saturated heterocycles. The number of carbonyl (C=O) groups is 3. The summed E-state index contributed by atoms with van der Waals surface area (Å²) in [6.45, 7) is 1.17. The van der Waals surface area contributed by atoms with Crippen LogP contribution in [0.25, 0.3) is 16.6 Å². The van der Waals surface area contributed by atoms with Gasteiger partial charge in [-0.2, -0.15) is 13.2 Å². The number of benzene rings is 2. The normalized spacial score (nSPS) is 13.7. The fraction of sp³-hybridized carbons (Fsp3) is 0.185. The second-order valence-electron chi connectivity index (χ2n) is 9.01. The van der Waals surface area contributed by atoms with Gasteiger partial charge in [-0.25, -0.2) is 9.78 Å². The van der Waals surface area contributed by atoms with Crippen LogP contribution in [0.2, 0.25) is 0 Å². The van der Waals surface area contributed by atoms with E-state index in [4.69, 9.17) is 0 Å². The van der Waals surface area contributed by atoms with E-state index in [2.05, 4.69) is 15.6 Å². The van der Waals surface area contributed by atoms with Crippen molar-refractivity contribution < 1.29 is 27.6 Å². The lowest BCUT2D eigenvalue weighted by atomic mass is 10.1. The molecule has 3 heterocycles. The molecule has 2 aromatic heterocycles. The predicted octanol–water partition coefficient (Wildman–Crippen LogP) is 4.50. The number of rotatable bonds is 5. The molecule has 5 rings (SSSR count). The van der Waals surface area contributed by atoms with E-state index in [1.54, 1.807) is 53.2 Å². The van der Waals surface area contributed by atoms with Gasteiger partial charge in [0.2, 0.25) is 0 Å². The average molecular weight is 537 g/mol. The Hall–Kier alpha value is -4.87. The highest BCUT2D eigenvalue weighted by molar-refractivity contribution is 6.08. The fourth-order valence-corrected chi connectivity index (χ4v) is 4.37. The zero-order valence-electron chi connectivity index (χ0n) is 20.9. The molecule has 0 radical (unpaired) electrons. The summed E-state index contributed by atoms with van der Waals surface area (Å²) in [5, 5.41) is 5.01. The Morgan fingerprint density at radius 1 is 0.949 bits per heavy atom. The number of halogens is 3. The predicted molar refractivity (Wildman–Crippen MR) is 139 cm³/mol. The first-order valence-electron chi connectivity index (χ1n) is 11.9. The van der Waals surface area contributed by atoms with Gasteiger partial charge in [0.25, 0.3) is 11.8 Å². The molecule has 4 amide bonds. The number of nitrogens with one attached hydrogen (secondary N) is 2. The number of urea groups is 1. The summed E-state index contributed by atoms with van der Waals surface area (Å²) in [6, 6.07) is 14.5. The standard InChI is InChI=1S/C27H23F3N6O3/c1-31-24(37)17-4-3-5-19(12-17)32-25(38)23-21-13-18(14-35(21)15-22(33-23)27(28,29)30)16-6-8-20(9-7-16)36-11-10-34(2)26(36)39/h3-9,12-15H,10-11H2,1-2H3,(H,31,37)(H,32,38). The third-order valence-electron chi connectivity index (χ3n) is 6.43. The quantitative estimate of drug-likeness (QED) is 0.392. The Kier molecular flexibility index (Phi) is 6.46. The van der Waals surface area contributed by atoms with E-state index in [1.165, 1.54) is 35.8 Å². The topological polar surface area (TPSA) is 99.0 Å². The monoisotopic (exact) mass is 536 g/mol. The summed E-state index contributed by atoms with van der Waals surface area (Å²) >= 11 is 0. The van der Waals surface area contributed by atoms with Crippen molar-refractivity contribution in [3.63, 3.8) is 0 Å². The van der Waals surface area contributed by atoms with Crippen LogP contribution in [0, 0.1) is 0 Å². The van der Waals surface area contributed by atoms with Crippen molar-refractivity contribution in [2.75, 3.05) is 37.4 Å². The van der Waals surface area contributed by atoms with Gasteiger partial charge in [-0.15, -0.1) is 0 Å². The molecule has 9 nitrogen and oxygen atoms in total. The third kappa shape index (κ3) is 5.00. The van der Waals surface area contributed by atoms with Gasteiger partial charge in [-0.1, -0.05) is 18.2 Å². The number of alkyl halides is 3. The summed E-state index contributed by atoms with van der Waals surface area (Å²) in [4.78, 5) is 44.3. The average Bonchev–Trinajstić information content (AvgIpc) is 3.50. The molecule has 1 aliphatic rings. The summed E-state index contributed by atoms with van der Waals surface area (Å²) in [6.07, 6.45) is -2.47. The van der Waals surface area contributed by atoms with Crippen molar-refractivity contribution in [3.8, 4) is 11.1 Å². The Morgan fingerprint density at radius 2 is 1.69 bits per heavy atom. The van der Waals surface area contributed by atoms with Crippen molar-refractivity contribution in [2.45, 2.75) is 6.18 Å². The Morgan fingerprint density at radius 3 is 2.33 bits per heavy atom. The number of amides is 4. The van der Waals surface area contributed by atoms with Crippen LogP contribution in [0.3, 0.4) is 0 Å². The van der Waals surface area contributed by atoms with E-state index in [0.29, 0.717) is 29.9 Å². The van der Waals surface area contributed by atoms with E-state index in [-0.39, 0.29) is 28.7 Å². The molecule has 0 bridgehead atoms. The van der Waals surface area contributed by atoms with Crippen LogP contribution >= 0.6 is 0 Å². The minimum atomic E-state index is -4.79. The molecule has 1 fully saturated rings. The molecule has 1 aliphatic heterocycles. The lowest BCUT2D eigenvalue weighted by Crippen LogP contribution is -2.29. The van der Waals surface area contributed by atoms with Crippen LogP contribution in [0.4, 0.5) is 29.3 Å². The highest BCUT2D eigenvalue weighted by Gasteiger charge is 2.35. The molecular weight excluding hydrogens is 513 g/mol. The van der Waals surface area contributed by atoms with E-state index >= 15 is 0 Å². The molecule has 0 unspecified atom stereocenters. The Bertz CT molecular complexity index is 1600. The lowest BCUT2D eigenvalue weighted by Gasteiger charge is -2.16. The maximum atomic E-state index is 13.7. The molecule has 0 spiro atoms. The first kappa shape index (κ1) is 25.8. The fourth-order valence-electron chi connectivity index (χ4n) is 4.37. The molecule has 200 valence electrons. The molecule has 0 saturated carbocycles. The number of fused-ring (bicyclic) bond motifs is 1. The second-order valence-corrected chi connectivity index (χ2v) is 9.01. The maximum absolute atomic E-state index is 13.7. The summed E-state index contributed by atoms with van der Waals surface area (Å²) in [5.74, 6) is -1.24. The number of aromatic nitrogens is 2. The number of carbonyl (C=O) groups excluding carboxylic acids is 3. The number of nitrogens with zero attached hydrogens (tertiary/aromatic N) is 4. The minimum Gasteiger partial charge on any atom is -0.355 e. The second kappa shape index (κ2) is 9.78. The highest BCUT2D eigenvalue weighted by Crippen LogP contribution is 2.32. The lowest BCUT2D eigenvalue weighted by molar-refractivity contribution is -0.141. The highest BCUT2D eigenvalue weighted by atomic mass is 19.4. The number of hydrogen-bond donors (Lipinski definition) is 2. The molecule has 2 N–H and O–H groups in total. The van der Waals surface area contributed by atoms with Gasteiger partial charge in [0.1, 0.15) is 0 Å². The van der Waals surface area contributed by atoms with Gasteiger partial charge < -0.3 is 19.9 Å². The Balaban J connectivity index is 1.50. The molecule has 39 heavy (non-hydrogen) atoms. The number of anilines is 2. The first-order chi connectivity index (χ1) is 18.5. The van der Waals surface area contributed by atoms with E-state index in [1.807, 2.05) is 0 Å². The van der Waals surface area contributed by atoms with Crippen LogP contribution in [0.15, 0.2) is 67.0 Å². The molecule has 0 atom stereocenters. The van der Waals surface area contributed by atoms with Gasteiger partial charge in [0.15, 0.2) is 11.4 Å². The number of hydrogen-bond acceptors (Lipinski definition) is 4. The van der Waals surface area contributed by atoms with Crippen LogP contribution < -0.4 is 15.5 Å². The molecule has 0 aliphatic carbocycles. The van der Waals surface area contributed by atoms with E-state index in [0.717, 1.165) is 6.20 Å². The third-order valence-corrected chi connectivity index (χ3v) is 6.43. The first-order valence-corrected chi connectivity index (χ1v) is 11.9. The Labute approximate surface area is 220 Å². The zero-order chi connectivity index (χ0) is 27.9. The van der Waals surface area contributed by atoms with Crippen LogP contribution in [0.5, 0.6) is 0 Å². The summed E-state index contributed by atoms with van der Waals surface area (Å²) in [7, 11) is 3.18. The van der Waals surface area contributed by atoms with Crippen molar-refractivity contribution in [1.82, 2.24) is 19.6 Å².